The number of halogens is 2. The second-order valence-electron chi connectivity index (χ2n) is 7.92. The Labute approximate surface area is 199 Å². The van der Waals surface area contributed by atoms with Crippen LogP contribution in [0.1, 0.15) is 51.3 Å². The first-order valence-electron chi connectivity index (χ1n) is 10.4. The highest BCUT2D eigenvalue weighted by atomic mass is 35.5. The molecule has 1 aromatic carbocycles. The van der Waals surface area contributed by atoms with Gasteiger partial charge in [0.25, 0.3) is 0 Å². The van der Waals surface area contributed by atoms with Gasteiger partial charge in [0.05, 0.1) is 13.2 Å². The Bertz CT molecular complexity index is 1020. The molecular weight excluding hydrogens is 477 g/mol. The summed E-state index contributed by atoms with van der Waals surface area (Å²) >= 11 is 12.3. The number of benzene rings is 1. The van der Waals surface area contributed by atoms with E-state index in [0.717, 1.165) is 18.4 Å². The minimum Gasteiger partial charge on any atom is -0.477 e. The van der Waals surface area contributed by atoms with Gasteiger partial charge in [0.2, 0.25) is 5.88 Å². The summed E-state index contributed by atoms with van der Waals surface area (Å²) < 4.78 is 37.1. The van der Waals surface area contributed by atoms with Crippen LogP contribution in [-0.2, 0) is 27.3 Å². The van der Waals surface area contributed by atoms with Crippen molar-refractivity contribution in [1.29, 1.82) is 0 Å². The molecule has 178 valence electrons. The molecule has 1 aromatic heterocycles. The number of hydrogen-bond acceptors (Lipinski definition) is 6. The van der Waals surface area contributed by atoms with Crippen LogP contribution in [0.3, 0.4) is 0 Å². The van der Waals surface area contributed by atoms with Crippen LogP contribution < -0.4 is 10.5 Å². The summed E-state index contributed by atoms with van der Waals surface area (Å²) in [6.45, 7) is 6.60. The molecule has 2 rings (SSSR count). The smallest absolute Gasteiger partial charge is 0.420 e. The number of nitrogens with zero attached hydrogens (tertiary/aromatic N) is 2. The first-order valence-corrected chi connectivity index (χ1v) is 12.6. The van der Waals surface area contributed by atoms with E-state index in [1.165, 1.54) is 0 Å². The first kappa shape index (κ1) is 26.3. The molecule has 32 heavy (non-hydrogen) atoms. The molecule has 11 heteroatoms. The van der Waals surface area contributed by atoms with Crippen molar-refractivity contribution >= 4 is 39.4 Å². The van der Waals surface area contributed by atoms with Gasteiger partial charge in [0, 0.05) is 28.2 Å². The second-order valence-corrected chi connectivity index (χ2v) is 10.6. The van der Waals surface area contributed by atoms with Crippen LogP contribution in [0.5, 0.6) is 5.88 Å². The molecular formula is C21H29Cl2N3O5S. The number of unbranched alkanes of at least 4 members (excludes halogenated alkanes) is 1. The molecule has 1 atom stereocenters. The molecule has 0 saturated carbocycles. The summed E-state index contributed by atoms with van der Waals surface area (Å²) in [6.07, 6.45) is 0.802. The summed E-state index contributed by atoms with van der Waals surface area (Å²) in [5.74, 6) is 0.420. The molecule has 8 nitrogen and oxygen atoms in total. The van der Waals surface area contributed by atoms with Gasteiger partial charge in [-0.25, -0.2) is 4.79 Å². The van der Waals surface area contributed by atoms with Gasteiger partial charge < -0.3 is 14.7 Å². The van der Waals surface area contributed by atoms with E-state index in [0.29, 0.717) is 28.2 Å². The van der Waals surface area contributed by atoms with Gasteiger partial charge >= 0.3 is 16.2 Å². The van der Waals surface area contributed by atoms with E-state index < -0.39 is 21.5 Å². The molecule has 2 N–H and O–H groups in total. The van der Waals surface area contributed by atoms with E-state index in [9.17, 15) is 13.2 Å². The van der Waals surface area contributed by atoms with Crippen LogP contribution in [-0.4, -0.2) is 36.1 Å². The maximum absolute atomic E-state index is 12.6. The van der Waals surface area contributed by atoms with Crippen LogP contribution in [0.4, 0.5) is 4.79 Å². The fraction of sp³-hybridized carbons (Fsp3) is 0.524. The highest BCUT2D eigenvalue weighted by Crippen LogP contribution is 2.26. The fourth-order valence-corrected chi connectivity index (χ4v) is 5.01. The molecule has 0 bridgehead atoms. The van der Waals surface area contributed by atoms with Crippen molar-refractivity contribution in [3.8, 4) is 5.88 Å². The van der Waals surface area contributed by atoms with Gasteiger partial charge in [-0.2, -0.15) is 8.42 Å². The summed E-state index contributed by atoms with van der Waals surface area (Å²) in [7, 11) is -4.23. The zero-order valence-corrected chi connectivity index (χ0v) is 20.7. The van der Waals surface area contributed by atoms with Crippen LogP contribution in [0.15, 0.2) is 24.3 Å². The monoisotopic (exact) mass is 505 g/mol. The van der Waals surface area contributed by atoms with E-state index >= 15 is 0 Å². The second kappa shape index (κ2) is 11.8. The number of nitrogens with two attached hydrogens (primary N) is 1. The zero-order valence-electron chi connectivity index (χ0n) is 18.4. The fourth-order valence-electron chi connectivity index (χ4n) is 3.18. The number of amides is 1. The van der Waals surface area contributed by atoms with Crippen LogP contribution in [0.2, 0.25) is 10.0 Å². The Morgan fingerprint density at radius 1 is 1.25 bits per heavy atom. The molecule has 0 aliphatic rings. The number of hydrogen-bond donors (Lipinski definition) is 1. The van der Waals surface area contributed by atoms with Gasteiger partial charge in [-0.3, -0.25) is 4.68 Å². The topological polar surface area (TPSA) is 114 Å². The Morgan fingerprint density at radius 2 is 1.97 bits per heavy atom. The van der Waals surface area contributed by atoms with Crippen LogP contribution in [0, 0.1) is 5.92 Å². The zero-order chi connectivity index (χ0) is 23.9. The predicted octanol–water partition coefficient (Wildman–Crippen LogP) is 4.80. The molecule has 1 heterocycles. The van der Waals surface area contributed by atoms with Crippen molar-refractivity contribution < 1.29 is 22.1 Å². The number of ether oxygens (including phenoxy) is 1. The molecule has 2 aromatic rings. The molecule has 1 amide bonds. The quantitative estimate of drug-likeness (QED) is 0.327. The third-order valence-electron chi connectivity index (χ3n) is 4.70. The first-order chi connectivity index (χ1) is 15.0. The summed E-state index contributed by atoms with van der Waals surface area (Å²) in [5, 5.41) is 4.48. The number of aromatic nitrogens is 2. The largest absolute Gasteiger partial charge is 0.477 e. The van der Waals surface area contributed by atoms with E-state index in [-0.39, 0.29) is 25.3 Å². The maximum Gasteiger partial charge on any atom is 0.420 e. The van der Waals surface area contributed by atoms with E-state index in [1.807, 2.05) is 13.8 Å². The van der Waals surface area contributed by atoms with Crippen molar-refractivity contribution in [2.24, 2.45) is 11.7 Å². The number of carbonyl (C=O) groups is 1. The average molecular weight is 506 g/mol. The molecule has 0 radical (unpaired) electrons. The van der Waals surface area contributed by atoms with Crippen molar-refractivity contribution in [1.82, 2.24) is 9.78 Å². The lowest BCUT2D eigenvalue weighted by molar-refractivity contribution is 0.211. The van der Waals surface area contributed by atoms with Gasteiger partial charge in [-0.15, -0.1) is 5.10 Å². The summed E-state index contributed by atoms with van der Waals surface area (Å²) in [4.78, 5) is 11.1. The third-order valence-corrected chi connectivity index (χ3v) is 6.86. The van der Waals surface area contributed by atoms with Crippen molar-refractivity contribution in [3.05, 3.63) is 45.6 Å². The summed E-state index contributed by atoms with van der Waals surface area (Å²) in [6, 6.07) is 6.84. The molecule has 0 aliphatic heterocycles. The SMILES string of the molecule is CCCCOc1cc(CC(CC(C)C)S(=O)(=O)OC(N)=O)n(Cc2ccc(Cl)cc2Cl)n1. The highest BCUT2D eigenvalue weighted by molar-refractivity contribution is 7.87. The number of carbonyl (C=O) groups excluding carboxylic acids is 1. The van der Waals surface area contributed by atoms with Crippen molar-refractivity contribution in [2.45, 2.75) is 58.2 Å². The maximum atomic E-state index is 12.6. The van der Waals surface area contributed by atoms with Crippen molar-refractivity contribution in [2.75, 3.05) is 6.61 Å². The van der Waals surface area contributed by atoms with Gasteiger partial charge in [-0.1, -0.05) is 56.5 Å². The minimum absolute atomic E-state index is 0.0357. The van der Waals surface area contributed by atoms with Gasteiger partial charge in [0.1, 0.15) is 5.25 Å². The molecule has 0 saturated heterocycles. The lowest BCUT2D eigenvalue weighted by Crippen LogP contribution is -2.32. The molecule has 0 aliphatic carbocycles. The number of primary amides is 1. The van der Waals surface area contributed by atoms with E-state index in [4.69, 9.17) is 33.7 Å². The van der Waals surface area contributed by atoms with Crippen LogP contribution in [0.25, 0.3) is 0 Å². The number of rotatable bonds is 12. The Kier molecular flexibility index (Phi) is 9.66. The Balaban J connectivity index is 2.39. The Hall–Kier alpha value is -1.97. The van der Waals surface area contributed by atoms with E-state index in [2.05, 4.69) is 16.2 Å². The standard InChI is InChI=1S/C21H29Cl2N3O5S/c1-4-5-8-30-20-12-17(11-18(9-14(2)3)32(28,29)31-21(24)27)26(25-20)13-15-6-7-16(22)10-19(15)23/h6-7,10,12,14,18H,4-5,8-9,11,13H2,1-3H3,(H2,24,27). The van der Waals surface area contributed by atoms with Crippen molar-refractivity contribution in [3.63, 3.8) is 0 Å². The third kappa shape index (κ3) is 7.86. The average Bonchev–Trinajstić information content (AvgIpc) is 3.04. The van der Waals surface area contributed by atoms with E-state index in [1.54, 1.807) is 28.9 Å². The molecule has 1 unspecified atom stereocenters. The minimum atomic E-state index is -4.23. The highest BCUT2D eigenvalue weighted by Gasteiger charge is 2.31. The van der Waals surface area contributed by atoms with Gasteiger partial charge in [-0.05, 0) is 36.5 Å². The van der Waals surface area contributed by atoms with Crippen LogP contribution >= 0.6 is 23.2 Å². The lowest BCUT2D eigenvalue weighted by atomic mass is 10.0. The normalized spacial score (nSPS) is 12.7. The Morgan fingerprint density at radius 3 is 2.56 bits per heavy atom. The molecule has 0 spiro atoms. The van der Waals surface area contributed by atoms with Gasteiger partial charge in [0.15, 0.2) is 0 Å². The summed E-state index contributed by atoms with van der Waals surface area (Å²) in [5.41, 5.74) is 6.33. The lowest BCUT2D eigenvalue weighted by Gasteiger charge is -2.19. The molecule has 0 fully saturated rings. The predicted molar refractivity (Wildman–Crippen MR) is 125 cm³/mol.